The second-order valence-corrected chi connectivity index (χ2v) is 8.43. The Kier molecular flexibility index (Phi) is 7.49. The zero-order chi connectivity index (χ0) is 19.1. The molecule has 7 heteroatoms. The van der Waals surface area contributed by atoms with Crippen molar-refractivity contribution in [3.8, 4) is 0 Å². The molecule has 3 fully saturated rings. The van der Waals surface area contributed by atoms with Crippen LogP contribution in [0.3, 0.4) is 0 Å². The lowest BCUT2D eigenvalue weighted by atomic mass is 9.78. The van der Waals surface area contributed by atoms with Gasteiger partial charge in [0.25, 0.3) is 0 Å². The van der Waals surface area contributed by atoms with E-state index in [-0.39, 0.29) is 17.2 Å². The summed E-state index contributed by atoms with van der Waals surface area (Å²) in [6.07, 6.45) is 7.65. The fraction of sp³-hybridized carbons (Fsp3) is 0.900. The summed E-state index contributed by atoms with van der Waals surface area (Å²) in [6.45, 7) is 5.63. The SMILES string of the molecule is COCC1(C(=O)N2CCN(CC(=O)NC3CCCCC3)CC2)CCNCC1. The Morgan fingerprint density at radius 2 is 1.74 bits per heavy atom. The highest BCUT2D eigenvalue weighted by Gasteiger charge is 2.42. The van der Waals surface area contributed by atoms with Gasteiger partial charge in [0, 0.05) is 39.3 Å². The Morgan fingerprint density at radius 3 is 2.37 bits per heavy atom. The van der Waals surface area contributed by atoms with E-state index in [2.05, 4.69) is 15.5 Å². The Labute approximate surface area is 163 Å². The van der Waals surface area contributed by atoms with Crippen LogP contribution in [-0.4, -0.2) is 87.2 Å². The normalized spacial score (nSPS) is 24.6. The Bertz CT molecular complexity index is 488. The summed E-state index contributed by atoms with van der Waals surface area (Å²) in [4.78, 5) is 29.7. The quantitative estimate of drug-likeness (QED) is 0.706. The third kappa shape index (κ3) is 5.42. The smallest absolute Gasteiger partial charge is 0.234 e. The van der Waals surface area contributed by atoms with Crippen LogP contribution in [0.5, 0.6) is 0 Å². The van der Waals surface area contributed by atoms with Crippen molar-refractivity contribution in [2.45, 2.75) is 51.0 Å². The highest BCUT2D eigenvalue weighted by atomic mass is 16.5. The molecule has 27 heavy (non-hydrogen) atoms. The number of methoxy groups -OCH3 is 1. The van der Waals surface area contributed by atoms with Gasteiger partial charge in [-0.3, -0.25) is 14.5 Å². The molecule has 1 aliphatic carbocycles. The number of piperidine rings is 1. The van der Waals surface area contributed by atoms with E-state index in [0.29, 0.717) is 32.3 Å². The van der Waals surface area contributed by atoms with Crippen LogP contribution >= 0.6 is 0 Å². The summed E-state index contributed by atoms with van der Waals surface area (Å²) in [6, 6.07) is 0.364. The fourth-order valence-electron chi connectivity index (χ4n) is 4.77. The van der Waals surface area contributed by atoms with Crippen molar-refractivity contribution in [1.82, 2.24) is 20.4 Å². The third-order valence-electron chi connectivity index (χ3n) is 6.43. The first-order valence-electron chi connectivity index (χ1n) is 10.6. The van der Waals surface area contributed by atoms with E-state index in [0.717, 1.165) is 51.9 Å². The van der Waals surface area contributed by atoms with Gasteiger partial charge in [0.05, 0.1) is 18.6 Å². The molecule has 3 aliphatic rings. The van der Waals surface area contributed by atoms with Gasteiger partial charge < -0.3 is 20.3 Å². The van der Waals surface area contributed by atoms with Crippen LogP contribution in [0.15, 0.2) is 0 Å². The maximum absolute atomic E-state index is 13.2. The lowest BCUT2D eigenvalue weighted by Gasteiger charge is -2.42. The molecule has 1 saturated carbocycles. The average molecular weight is 381 g/mol. The summed E-state index contributed by atoms with van der Waals surface area (Å²) in [7, 11) is 1.68. The minimum absolute atomic E-state index is 0.135. The molecule has 2 N–H and O–H groups in total. The van der Waals surface area contributed by atoms with E-state index in [1.54, 1.807) is 7.11 Å². The molecule has 7 nitrogen and oxygen atoms in total. The summed E-state index contributed by atoms with van der Waals surface area (Å²) in [5.41, 5.74) is -0.374. The van der Waals surface area contributed by atoms with Gasteiger partial charge in [-0.1, -0.05) is 19.3 Å². The van der Waals surface area contributed by atoms with E-state index in [4.69, 9.17) is 4.74 Å². The van der Waals surface area contributed by atoms with Crippen LogP contribution in [0, 0.1) is 5.41 Å². The first kappa shape index (κ1) is 20.6. The molecule has 2 amide bonds. The van der Waals surface area contributed by atoms with Crippen molar-refractivity contribution < 1.29 is 14.3 Å². The largest absolute Gasteiger partial charge is 0.384 e. The van der Waals surface area contributed by atoms with Gasteiger partial charge in [-0.15, -0.1) is 0 Å². The van der Waals surface area contributed by atoms with Gasteiger partial charge in [-0.05, 0) is 38.8 Å². The molecule has 0 aromatic rings. The van der Waals surface area contributed by atoms with Gasteiger partial charge in [0.15, 0.2) is 0 Å². The molecule has 2 heterocycles. The van der Waals surface area contributed by atoms with Crippen molar-refractivity contribution in [1.29, 1.82) is 0 Å². The zero-order valence-corrected chi connectivity index (χ0v) is 16.8. The van der Waals surface area contributed by atoms with Gasteiger partial charge >= 0.3 is 0 Å². The summed E-state index contributed by atoms with van der Waals surface area (Å²) >= 11 is 0. The van der Waals surface area contributed by atoms with Crippen molar-refractivity contribution in [3.63, 3.8) is 0 Å². The predicted molar refractivity (Wildman–Crippen MR) is 104 cm³/mol. The van der Waals surface area contributed by atoms with E-state index in [1.807, 2.05) is 4.90 Å². The number of carbonyl (C=O) groups excluding carboxylic acids is 2. The molecule has 3 rings (SSSR count). The van der Waals surface area contributed by atoms with Crippen molar-refractivity contribution >= 4 is 11.8 Å². The number of carbonyl (C=O) groups is 2. The fourth-order valence-corrected chi connectivity index (χ4v) is 4.77. The lowest BCUT2D eigenvalue weighted by Crippen LogP contribution is -2.57. The summed E-state index contributed by atoms with van der Waals surface area (Å²) in [5.74, 6) is 0.369. The molecular weight excluding hydrogens is 344 g/mol. The second-order valence-electron chi connectivity index (χ2n) is 8.43. The van der Waals surface area contributed by atoms with Gasteiger partial charge in [-0.25, -0.2) is 0 Å². The Morgan fingerprint density at radius 1 is 1.07 bits per heavy atom. The molecule has 0 spiro atoms. The minimum atomic E-state index is -0.374. The van der Waals surface area contributed by atoms with Crippen molar-refractivity contribution in [3.05, 3.63) is 0 Å². The van der Waals surface area contributed by atoms with E-state index < -0.39 is 0 Å². The molecule has 2 saturated heterocycles. The lowest BCUT2D eigenvalue weighted by molar-refractivity contribution is -0.149. The van der Waals surface area contributed by atoms with Gasteiger partial charge in [0.2, 0.25) is 11.8 Å². The molecular formula is C20H36N4O3. The van der Waals surface area contributed by atoms with Crippen LogP contribution < -0.4 is 10.6 Å². The van der Waals surface area contributed by atoms with Crippen LogP contribution in [-0.2, 0) is 14.3 Å². The maximum atomic E-state index is 13.2. The topological polar surface area (TPSA) is 73.9 Å². The second kappa shape index (κ2) is 9.85. The van der Waals surface area contributed by atoms with Crippen molar-refractivity contribution in [2.75, 3.05) is 59.5 Å². The minimum Gasteiger partial charge on any atom is -0.384 e. The highest BCUT2D eigenvalue weighted by Crippen LogP contribution is 2.32. The molecule has 0 bridgehead atoms. The third-order valence-corrected chi connectivity index (χ3v) is 6.43. The Hall–Kier alpha value is -1.18. The molecule has 2 aliphatic heterocycles. The molecule has 0 atom stereocenters. The predicted octanol–water partition coefficient (Wildman–Crippen LogP) is 0.596. The monoisotopic (exact) mass is 380 g/mol. The number of rotatable bonds is 6. The molecule has 0 aromatic heterocycles. The molecule has 154 valence electrons. The first-order chi connectivity index (χ1) is 13.1. The van der Waals surface area contributed by atoms with Crippen LogP contribution in [0.25, 0.3) is 0 Å². The number of hydrogen-bond donors (Lipinski definition) is 2. The number of amides is 2. The van der Waals surface area contributed by atoms with Crippen LogP contribution in [0.4, 0.5) is 0 Å². The average Bonchev–Trinajstić information content (AvgIpc) is 2.70. The van der Waals surface area contributed by atoms with Crippen LogP contribution in [0.2, 0.25) is 0 Å². The number of nitrogens with zero attached hydrogens (tertiary/aromatic N) is 2. The number of ether oxygens (including phenoxy) is 1. The summed E-state index contributed by atoms with van der Waals surface area (Å²) < 4.78 is 5.40. The number of hydrogen-bond acceptors (Lipinski definition) is 5. The van der Waals surface area contributed by atoms with Gasteiger partial charge in [-0.2, -0.15) is 0 Å². The van der Waals surface area contributed by atoms with Gasteiger partial charge in [0.1, 0.15) is 0 Å². The highest BCUT2D eigenvalue weighted by molar-refractivity contribution is 5.83. The maximum Gasteiger partial charge on any atom is 0.234 e. The molecule has 0 radical (unpaired) electrons. The summed E-state index contributed by atoms with van der Waals surface area (Å²) in [5, 5.41) is 6.53. The van der Waals surface area contributed by atoms with Crippen LogP contribution in [0.1, 0.15) is 44.9 Å². The van der Waals surface area contributed by atoms with E-state index in [1.165, 1.54) is 19.3 Å². The first-order valence-corrected chi connectivity index (χ1v) is 10.6. The standard InChI is InChI=1S/C20H36N4O3/c1-27-16-20(7-9-21-10-8-20)19(26)24-13-11-23(12-14-24)15-18(25)22-17-5-3-2-4-6-17/h17,21H,2-16H2,1H3,(H,22,25). The van der Waals surface area contributed by atoms with E-state index in [9.17, 15) is 9.59 Å². The number of piperazine rings is 1. The molecule has 0 aromatic carbocycles. The van der Waals surface area contributed by atoms with Crippen molar-refractivity contribution in [2.24, 2.45) is 5.41 Å². The molecule has 0 unspecified atom stereocenters. The zero-order valence-electron chi connectivity index (χ0n) is 16.8. The van der Waals surface area contributed by atoms with E-state index >= 15 is 0 Å². The Balaban J connectivity index is 1.44. The number of nitrogens with one attached hydrogen (secondary N) is 2.